The van der Waals surface area contributed by atoms with Crippen LogP contribution in [0.5, 0.6) is 0 Å². The van der Waals surface area contributed by atoms with Gasteiger partial charge in [0.1, 0.15) is 0 Å². The van der Waals surface area contributed by atoms with E-state index in [4.69, 9.17) is 10.5 Å². The van der Waals surface area contributed by atoms with Crippen molar-refractivity contribution < 1.29 is 13.5 Å². The van der Waals surface area contributed by atoms with E-state index in [1.165, 1.54) is 12.5 Å². The highest BCUT2D eigenvalue weighted by Crippen LogP contribution is 2.18. The van der Waals surface area contributed by atoms with Gasteiger partial charge in [0.2, 0.25) is 0 Å². The summed E-state index contributed by atoms with van der Waals surface area (Å²) in [6, 6.07) is 3.88. The fourth-order valence-electron chi connectivity index (χ4n) is 2.38. The maximum Gasteiger partial charge on any atom is 0.159 e. The van der Waals surface area contributed by atoms with Gasteiger partial charge in [-0.05, 0) is 49.8 Å². The number of rotatable bonds is 4. The number of hydrogen-bond acceptors (Lipinski definition) is 2. The highest BCUT2D eigenvalue weighted by molar-refractivity contribution is 5.18. The number of benzene rings is 1. The van der Waals surface area contributed by atoms with E-state index in [1.54, 1.807) is 6.07 Å². The molecule has 2 atom stereocenters. The summed E-state index contributed by atoms with van der Waals surface area (Å²) >= 11 is 0. The molecular formula is C14H19F2NO. The Labute approximate surface area is 106 Å². The summed E-state index contributed by atoms with van der Waals surface area (Å²) in [4.78, 5) is 0. The van der Waals surface area contributed by atoms with Crippen LogP contribution in [0.15, 0.2) is 18.2 Å². The quantitative estimate of drug-likeness (QED) is 0.898. The van der Waals surface area contributed by atoms with Gasteiger partial charge in [0.05, 0.1) is 6.10 Å². The summed E-state index contributed by atoms with van der Waals surface area (Å²) in [6.45, 7) is 0.808. The Balaban J connectivity index is 1.85. The molecule has 2 nitrogen and oxygen atoms in total. The zero-order valence-electron chi connectivity index (χ0n) is 10.4. The Bertz CT molecular complexity index is 391. The molecule has 1 saturated heterocycles. The summed E-state index contributed by atoms with van der Waals surface area (Å²) in [5.41, 5.74) is 6.76. The molecule has 0 bridgehead atoms. The van der Waals surface area contributed by atoms with Crippen LogP contribution in [0.1, 0.15) is 31.2 Å². The van der Waals surface area contributed by atoms with Crippen LogP contribution in [0.25, 0.3) is 0 Å². The number of nitrogens with two attached hydrogens (primary N) is 1. The van der Waals surface area contributed by atoms with Crippen molar-refractivity contribution in [1.29, 1.82) is 0 Å². The SMILES string of the molecule is NC(Cc1ccc(F)c(F)c1)CC1CCCCO1. The molecule has 0 aliphatic carbocycles. The number of halogens is 2. The van der Waals surface area contributed by atoms with Gasteiger partial charge in [0.25, 0.3) is 0 Å². The third-order valence-corrected chi connectivity index (χ3v) is 3.32. The fraction of sp³-hybridized carbons (Fsp3) is 0.571. The molecule has 18 heavy (non-hydrogen) atoms. The molecule has 2 unspecified atom stereocenters. The van der Waals surface area contributed by atoms with Crippen molar-refractivity contribution in [1.82, 2.24) is 0 Å². The molecular weight excluding hydrogens is 236 g/mol. The molecule has 100 valence electrons. The molecule has 1 heterocycles. The van der Waals surface area contributed by atoms with E-state index >= 15 is 0 Å². The zero-order chi connectivity index (χ0) is 13.0. The average molecular weight is 255 g/mol. The third kappa shape index (κ3) is 3.75. The summed E-state index contributed by atoms with van der Waals surface area (Å²) in [7, 11) is 0. The highest BCUT2D eigenvalue weighted by Gasteiger charge is 2.17. The predicted octanol–water partition coefficient (Wildman–Crippen LogP) is 2.79. The summed E-state index contributed by atoms with van der Waals surface area (Å²) < 4.78 is 31.4. The van der Waals surface area contributed by atoms with Gasteiger partial charge in [-0.15, -0.1) is 0 Å². The molecule has 1 aliphatic rings. The summed E-state index contributed by atoms with van der Waals surface area (Å²) in [5.74, 6) is -1.63. The first-order valence-corrected chi connectivity index (χ1v) is 6.46. The molecule has 0 radical (unpaired) electrons. The van der Waals surface area contributed by atoms with Crippen molar-refractivity contribution in [3.8, 4) is 0 Å². The minimum atomic E-state index is -0.817. The summed E-state index contributed by atoms with van der Waals surface area (Å²) in [6.07, 6.45) is 4.90. The summed E-state index contributed by atoms with van der Waals surface area (Å²) in [5, 5.41) is 0. The van der Waals surface area contributed by atoms with Crippen LogP contribution in [0.3, 0.4) is 0 Å². The van der Waals surface area contributed by atoms with Crippen molar-refractivity contribution in [3.05, 3.63) is 35.4 Å². The van der Waals surface area contributed by atoms with Crippen LogP contribution in [0, 0.1) is 11.6 Å². The van der Waals surface area contributed by atoms with Crippen molar-refractivity contribution in [2.45, 2.75) is 44.2 Å². The van der Waals surface area contributed by atoms with Crippen molar-refractivity contribution in [3.63, 3.8) is 0 Å². The predicted molar refractivity (Wildman–Crippen MR) is 66.2 cm³/mol. The molecule has 0 saturated carbocycles. The molecule has 1 fully saturated rings. The van der Waals surface area contributed by atoms with E-state index in [0.717, 1.165) is 37.5 Å². The Kier molecular flexibility index (Phi) is 4.66. The lowest BCUT2D eigenvalue weighted by Crippen LogP contribution is -2.31. The van der Waals surface area contributed by atoms with Gasteiger partial charge >= 0.3 is 0 Å². The minimum Gasteiger partial charge on any atom is -0.378 e. The van der Waals surface area contributed by atoms with Crippen LogP contribution in [0.4, 0.5) is 8.78 Å². The molecule has 1 aliphatic heterocycles. The Morgan fingerprint density at radius 2 is 2.11 bits per heavy atom. The normalized spacial score (nSPS) is 21.8. The zero-order valence-corrected chi connectivity index (χ0v) is 10.4. The van der Waals surface area contributed by atoms with Gasteiger partial charge in [0, 0.05) is 12.6 Å². The monoisotopic (exact) mass is 255 g/mol. The smallest absolute Gasteiger partial charge is 0.159 e. The third-order valence-electron chi connectivity index (χ3n) is 3.32. The first kappa shape index (κ1) is 13.4. The van der Waals surface area contributed by atoms with Gasteiger partial charge in [-0.2, -0.15) is 0 Å². The lowest BCUT2D eigenvalue weighted by atomic mass is 9.97. The Hall–Kier alpha value is -1.00. The van der Waals surface area contributed by atoms with Crippen molar-refractivity contribution >= 4 is 0 Å². The van der Waals surface area contributed by atoms with Crippen LogP contribution in [0.2, 0.25) is 0 Å². The van der Waals surface area contributed by atoms with E-state index in [1.807, 2.05) is 0 Å². The van der Waals surface area contributed by atoms with Crippen molar-refractivity contribution in [2.24, 2.45) is 5.73 Å². The molecule has 2 N–H and O–H groups in total. The van der Waals surface area contributed by atoms with E-state index in [0.29, 0.717) is 6.42 Å². The largest absolute Gasteiger partial charge is 0.378 e. The first-order chi connectivity index (χ1) is 8.65. The van der Waals surface area contributed by atoms with E-state index in [2.05, 4.69) is 0 Å². The Morgan fingerprint density at radius 1 is 1.28 bits per heavy atom. The maximum atomic E-state index is 13.0. The second kappa shape index (κ2) is 6.25. The van der Waals surface area contributed by atoms with Gasteiger partial charge in [-0.3, -0.25) is 0 Å². The molecule has 2 rings (SSSR count). The molecule has 1 aromatic rings. The van der Waals surface area contributed by atoms with Crippen molar-refractivity contribution in [2.75, 3.05) is 6.61 Å². The van der Waals surface area contributed by atoms with Gasteiger partial charge < -0.3 is 10.5 Å². The molecule has 1 aromatic carbocycles. The fourth-order valence-corrected chi connectivity index (χ4v) is 2.38. The Morgan fingerprint density at radius 3 is 2.78 bits per heavy atom. The van der Waals surface area contributed by atoms with Crippen LogP contribution in [-0.2, 0) is 11.2 Å². The highest BCUT2D eigenvalue weighted by atomic mass is 19.2. The number of hydrogen-bond donors (Lipinski definition) is 1. The van der Waals surface area contributed by atoms with E-state index in [-0.39, 0.29) is 12.1 Å². The number of ether oxygens (including phenoxy) is 1. The van der Waals surface area contributed by atoms with Gasteiger partial charge in [0.15, 0.2) is 11.6 Å². The van der Waals surface area contributed by atoms with E-state index in [9.17, 15) is 8.78 Å². The lowest BCUT2D eigenvalue weighted by Gasteiger charge is -2.25. The standard InChI is InChI=1S/C14H19F2NO/c15-13-5-4-10(8-14(13)16)7-11(17)9-12-3-1-2-6-18-12/h4-5,8,11-12H,1-3,6-7,9,17H2. The molecule has 0 spiro atoms. The topological polar surface area (TPSA) is 35.2 Å². The van der Waals surface area contributed by atoms with Crippen LogP contribution in [-0.4, -0.2) is 18.8 Å². The van der Waals surface area contributed by atoms with Gasteiger partial charge in [-0.25, -0.2) is 8.78 Å². The second-order valence-electron chi connectivity index (χ2n) is 4.94. The minimum absolute atomic E-state index is 0.0713. The van der Waals surface area contributed by atoms with Crippen LogP contribution < -0.4 is 5.73 Å². The molecule has 0 aromatic heterocycles. The van der Waals surface area contributed by atoms with Crippen LogP contribution >= 0.6 is 0 Å². The van der Waals surface area contributed by atoms with E-state index < -0.39 is 11.6 Å². The lowest BCUT2D eigenvalue weighted by molar-refractivity contribution is 0.00747. The first-order valence-electron chi connectivity index (χ1n) is 6.46. The molecule has 0 amide bonds. The average Bonchev–Trinajstić information content (AvgIpc) is 2.35. The van der Waals surface area contributed by atoms with Gasteiger partial charge in [-0.1, -0.05) is 6.07 Å². The maximum absolute atomic E-state index is 13.0. The second-order valence-corrected chi connectivity index (χ2v) is 4.94. The molecule has 4 heteroatoms.